The standard InChI is InChI=1S/C16H12F3N3O3/c1-10-2-5-15-20-11(8-21(15)7-10)9-25-14-4-3-12(22(23)24)6-13(14)16(17,18)19/h2-8H,9H2,1H3. The third kappa shape index (κ3) is 3.54. The predicted octanol–water partition coefficient (Wildman–Crippen LogP) is 4.15. The molecule has 0 saturated heterocycles. The van der Waals surface area contributed by atoms with Gasteiger partial charge in [0, 0.05) is 24.5 Å². The maximum atomic E-state index is 13.1. The lowest BCUT2D eigenvalue weighted by molar-refractivity contribution is -0.385. The van der Waals surface area contributed by atoms with Gasteiger partial charge in [-0.05, 0) is 24.6 Å². The molecule has 0 radical (unpaired) electrons. The van der Waals surface area contributed by atoms with E-state index in [1.54, 1.807) is 16.7 Å². The van der Waals surface area contributed by atoms with Crippen molar-refractivity contribution in [1.82, 2.24) is 9.38 Å². The van der Waals surface area contributed by atoms with E-state index in [2.05, 4.69) is 4.98 Å². The van der Waals surface area contributed by atoms with Crippen LogP contribution in [-0.4, -0.2) is 14.3 Å². The van der Waals surface area contributed by atoms with Crippen molar-refractivity contribution in [3.8, 4) is 5.75 Å². The Hall–Kier alpha value is -3.10. The van der Waals surface area contributed by atoms with Crippen molar-refractivity contribution in [2.45, 2.75) is 19.7 Å². The second kappa shape index (κ2) is 6.08. The number of benzene rings is 1. The Labute approximate surface area is 139 Å². The van der Waals surface area contributed by atoms with E-state index < -0.39 is 28.1 Å². The van der Waals surface area contributed by atoms with Crippen LogP contribution in [-0.2, 0) is 12.8 Å². The number of rotatable bonds is 4. The van der Waals surface area contributed by atoms with Crippen molar-refractivity contribution in [3.63, 3.8) is 0 Å². The lowest BCUT2D eigenvalue weighted by Gasteiger charge is -2.13. The van der Waals surface area contributed by atoms with Crippen LogP contribution in [0.4, 0.5) is 18.9 Å². The average molecular weight is 351 g/mol. The molecule has 0 bridgehead atoms. The van der Waals surface area contributed by atoms with Gasteiger partial charge >= 0.3 is 6.18 Å². The minimum atomic E-state index is -4.77. The quantitative estimate of drug-likeness (QED) is 0.523. The van der Waals surface area contributed by atoms with Gasteiger partial charge in [-0.25, -0.2) is 4.98 Å². The summed E-state index contributed by atoms with van der Waals surface area (Å²) in [7, 11) is 0. The molecule has 0 N–H and O–H groups in total. The lowest BCUT2D eigenvalue weighted by atomic mass is 10.1. The first kappa shape index (κ1) is 16.7. The van der Waals surface area contributed by atoms with Crippen molar-refractivity contribution >= 4 is 11.3 Å². The van der Waals surface area contributed by atoms with Crippen molar-refractivity contribution < 1.29 is 22.8 Å². The zero-order valence-corrected chi connectivity index (χ0v) is 12.9. The molecule has 3 rings (SSSR count). The van der Waals surface area contributed by atoms with Crippen LogP contribution >= 0.6 is 0 Å². The molecule has 0 unspecified atom stereocenters. The molecule has 0 spiro atoms. The highest BCUT2D eigenvalue weighted by atomic mass is 19.4. The van der Waals surface area contributed by atoms with Crippen LogP contribution in [0.25, 0.3) is 5.65 Å². The molecule has 0 atom stereocenters. The fourth-order valence-corrected chi connectivity index (χ4v) is 2.36. The normalized spacial score (nSPS) is 11.7. The number of aromatic nitrogens is 2. The highest BCUT2D eigenvalue weighted by Gasteiger charge is 2.36. The van der Waals surface area contributed by atoms with Crippen LogP contribution in [0.5, 0.6) is 5.75 Å². The fourth-order valence-electron chi connectivity index (χ4n) is 2.36. The molecule has 1 aromatic carbocycles. The number of halogens is 3. The maximum Gasteiger partial charge on any atom is 0.420 e. The third-order valence-electron chi connectivity index (χ3n) is 3.50. The topological polar surface area (TPSA) is 69.7 Å². The Morgan fingerprint density at radius 2 is 2.00 bits per heavy atom. The molecule has 3 aromatic rings. The number of hydrogen-bond donors (Lipinski definition) is 0. The number of imidazole rings is 1. The van der Waals surface area contributed by atoms with Crippen molar-refractivity contribution in [1.29, 1.82) is 0 Å². The number of alkyl halides is 3. The first-order valence-electron chi connectivity index (χ1n) is 7.17. The van der Waals surface area contributed by atoms with Gasteiger partial charge in [0.2, 0.25) is 0 Å². The summed E-state index contributed by atoms with van der Waals surface area (Å²) in [5, 5.41) is 10.7. The summed E-state index contributed by atoms with van der Waals surface area (Å²) >= 11 is 0. The molecule has 0 amide bonds. The number of nitro groups is 1. The second-order valence-corrected chi connectivity index (χ2v) is 5.43. The molecule has 0 aliphatic rings. The van der Waals surface area contributed by atoms with Crippen LogP contribution < -0.4 is 4.74 Å². The summed E-state index contributed by atoms with van der Waals surface area (Å²) in [5.74, 6) is -0.480. The summed E-state index contributed by atoms with van der Waals surface area (Å²) in [6, 6.07) is 6.03. The van der Waals surface area contributed by atoms with E-state index in [0.29, 0.717) is 17.4 Å². The summed E-state index contributed by atoms with van der Waals surface area (Å²) in [5.41, 5.74) is 0.248. The van der Waals surface area contributed by atoms with E-state index in [1.807, 2.05) is 19.2 Å². The van der Waals surface area contributed by atoms with Crippen LogP contribution in [0.1, 0.15) is 16.8 Å². The summed E-state index contributed by atoms with van der Waals surface area (Å²) in [6.07, 6.45) is -1.28. The first-order chi connectivity index (χ1) is 11.7. The Morgan fingerprint density at radius 3 is 2.68 bits per heavy atom. The molecule has 9 heteroatoms. The zero-order chi connectivity index (χ0) is 18.2. The number of hydrogen-bond acceptors (Lipinski definition) is 4. The Morgan fingerprint density at radius 1 is 1.24 bits per heavy atom. The van der Waals surface area contributed by atoms with Gasteiger partial charge in [-0.1, -0.05) is 6.07 Å². The average Bonchev–Trinajstić information content (AvgIpc) is 2.93. The maximum absolute atomic E-state index is 13.1. The minimum absolute atomic E-state index is 0.193. The number of fused-ring (bicyclic) bond motifs is 1. The van der Waals surface area contributed by atoms with Gasteiger partial charge in [-0.3, -0.25) is 10.1 Å². The van der Waals surface area contributed by atoms with Gasteiger partial charge in [0.05, 0.1) is 10.6 Å². The van der Waals surface area contributed by atoms with Crippen LogP contribution in [0.3, 0.4) is 0 Å². The monoisotopic (exact) mass is 351 g/mol. The van der Waals surface area contributed by atoms with E-state index in [0.717, 1.165) is 17.7 Å². The van der Waals surface area contributed by atoms with Crippen LogP contribution in [0.15, 0.2) is 42.7 Å². The smallest absolute Gasteiger partial charge is 0.420 e. The number of non-ortho nitro benzene ring substituents is 1. The molecule has 2 heterocycles. The van der Waals surface area contributed by atoms with Crippen molar-refractivity contribution in [2.24, 2.45) is 0 Å². The summed E-state index contributed by atoms with van der Waals surface area (Å²) < 4.78 is 46.3. The Kier molecular flexibility index (Phi) is 4.07. The first-order valence-corrected chi connectivity index (χ1v) is 7.17. The number of nitrogens with zero attached hydrogens (tertiary/aromatic N) is 3. The highest BCUT2D eigenvalue weighted by molar-refractivity contribution is 5.45. The zero-order valence-electron chi connectivity index (χ0n) is 12.9. The third-order valence-corrected chi connectivity index (χ3v) is 3.50. The van der Waals surface area contributed by atoms with E-state index in [9.17, 15) is 23.3 Å². The van der Waals surface area contributed by atoms with Gasteiger partial charge in [0.25, 0.3) is 5.69 Å². The molecule has 130 valence electrons. The predicted molar refractivity (Wildman–Crippen MR) is 82.4 cm³/mol. The van der Waals surface area contributed by atoms with Gasteiger partial charge < -0.3 is 9.14 Å². The van der Waals surface area contributed by atoms with Crippen LogP contribution in [0, 0.1) is 17.0 Å². The number of pyridine rings is 1. The Bertz CT molecular complexity index is 951. The van der Waals surface area contributed by atoms with E-state index in [4.69, 9.17) is 4.74 Å². The minimum Gasteiger partial charge on any atom is -0.487 e. The summed E-state index contributed by atoms with van der Waals surface area (Å²) in [6.45, 7) is 1.71. The molecule has 0 aliphatic heterocycles. The van der Waals surface area contributed by atoms with E-state index >= 15 is 0 Å². The van der Waals surface area contributed by atoms with Gasteiger partial charge in [0.15, 0.2) is 0 Å². The molecule has 25 heavy (non-hydrogen) atoms. The SMILES string of the molecule is Cc1ccc2nc(COc3ccc([N+](=O)[O-])cc3C(F)(F)F)cn2c1. The molecular weight excluding hydrogens is 339 g/mol. The lowest BCUT2D eigenvalue weighted by Crippen LogP contribution is -2.09. The second-order valence-electron chi connectivity index (χ2n) is 5.43. The van der Waals surface area contributed by atoms with Gasteiger partial charge in [-0.2, -0.15) is 13.2 Å². The number of ether oxygens (including phenoxy) is 1. The molecule has 0 aliphatic carbocycles. The largest absolute Gasteiger partial charge is 0.487 e. The van der Waals surface area contributed by atoms with Gasteiger partial charge in [-0.15, -0.1) is 0 Å². The van der Waals surface area contributed by atoms with Crippen LogP contribution in [0.2, 0.25) is 0 Å². The highest BCUT2D eigenvalue weighted by Crippen LogP contribution is 2.38. The van der Waals surface area contributed by atoms with E-state index in [-0.39, 0.29) is 6.61 Å². The molecule has 6 nitrogen and oxygen atoms in total. The Balaban J connectivity index is 1.87. The molecule has 0 fully saturated rings. The number of aryl methyl sites for hydroxylation is 1. The van der Waals surface area contributed by atoms with Gasteiger partial charge in [0.1, 0.15) is 23.6 Å². The summed E-state index contributed by atoms with van der Waals surface area (Å²) in [4.78, 5) is 14.1. The van der Waals surface area contributed by atoms with Crippen molar-refractivity contribution in [3.05, 3.63) is 69.7 Å². The number of nitro benzene ring substituents is 1. The van der Waals surface area contributed by atoms with E-state index in [1.165, 1.54) is 0 Å². The molecular formula is C16H12F3N3O3. The fraction of sp³-hybridized carbons (Fsp3) is 0.188. The van der Waals surface area contributed by atoms with Crippen molar-refractivity contribution in [2.75, 3.05) is 0 Å². The molecule has 0 saturated carbocycles. The molecule has 2 aromatic heterocycles.